The Labute approximate surface area is 172 Å². The normalized spacial score (nSPS) is 29.3. The zero-order chi connectivity index (χ0) is 20.3. The minimum Gasteiger partial charge on any atom is -0.493 e. The molecule has 1 aromatic rings. The number of rotatable bonds is 9. The Kier molecular flexibility index (Phi) is 5.97. The maximum atomic E-state index is 12.5. The molecule has 4 aliphatic carbocycles. The van der Waals surface area contributed by atoms with Crippen LogP contribution in [0.4, 0.5) is 0 Å². The number of hydrogen-bond donors (Lipinski definition) is 2. The van der Waals surface area contributed by atoms with Gasteiger partial charge in [-0.1, -0.05) is 12.1 Å². The Morgan fingerprint density at radius 2 is 1.48 bits per heavy atom. The molecule has 0 saturated heterocycles. The number of carbonyl (C=O) groups is 2. The van der Waals surface area contributed by atoms with E-state index in [1.165, 1.54) is 38.5 Å². The van der Waals surface area contributed by atoms with E-state index in [0.29, 0.717) is 31.0 Å². The molecule has 4 aliphatic rings. The third kappa shape index (κ3) is 4.85. The number of ether oxygens (including phenoxy) is 2. The number of benzene rings is 1. The highest BCUT2D eigenvalue weighted by Gasteiger charge is 2.51. The molecule has 1 aromatic carbocycles. The Morgan fingerprint density at radius 3 is 2.07 bits per heavy atom. The number of amides is 2. The van der Waals surface area contributed by atoms with Gasteiger partial charge in [0.1, 0.15) is 0 Å². The molecule has 0 atom stereocenters. The summed E-state index contributed by atoms with van der Waals surface area (Å²) in [6.07, 6.45) is 8.55. The van der Waals surface area contributed by atoms with E-state index in [2.05, 4.69) is 10.6 Å². The van der Waals surface area contributed by atoms with Crippen LogP contribution in [0.1, 0.15) is 44.9 Å². The average molecular weight is 401 g/mol. The topological polar surface area (TPSA) is 76.7 Å². The number of para-hydroxylation sites is 2. The van der Waals surface area contributed by atoms with Crippen LogP contribution in [0.15, 0.2) is 24.3 Å². The monoisotopic (exact) mass is 400 g/mol. The molecule has 2 N–H and O–H groups in total. The minimum absolute atomic E-state index is 0.0817. The van der Waals surface area contributed by atoms with E-state index >= 15 is 0 Å². The number of carbonyl (C=O) groups excluding carboxylic acids is 2. The molecule has 29 heavy (non-hydrogen) atoms. The number of methoxy groups -OCH3 is 1. The fourth-order valence-electron chi connectivity index (χ4n) is 6.25. The predicted octanol–water partition coefficient (Wildman–Crippen LogP) is 2.91. The molecule has 0 heterocycles. The van der Waals surface area contributed by atoms with Crippen LogP contribution in [0.2, 0.25) is 0 Å². The van der Waals surface area contributed by atoms with Crippen LogP contribution < -0.4 is 20.1 Å². The first-order valence-electron chi connectivity index (χ1n) is 10.8. The lowest BCUT2D eigenvalue weighted by Gasteiger charge is -2.56. The van der Waals surface area contributed by atoms with E-state index in [1.807, 2.05) is 12.1 Å². The molecule has 6 nitrogen and oxygen atoms in total. The molecule has 158 valence electrons. The zero-order valence-electron chi connectivity index (χ0n) is 17.2. The van der Waals surface area contributed by atoms with Gasteiger partial charge in [-0.2, -0.15) is 0 Å². The molecule has 0 aromatic heterocycles. The summed E-state index contributed by atoms with van der Waals surface area (Å²) in [6.45, 7) is 0.772. The van der Waals surface area contributed by atoms with Crippen LogP contribution in [-0.2, 0) is 9.59 Å². The van der Waals surface area contributed by atoms with Gasteiger partial charge in [-0.15, -0.1) is 0 Å². The Morgan fingerprint density at radius 1 is 0.931 bits per heavy atom. The molecule has 4 fully saturated rings. The van der Waals surface area contributed by atoms with Crippen molar-refractivity contribution in [2.45, 2.75) is 44.9 Å². The summed E-state index contributed by atoms with van der Waals surface area (Å²) in [7, 11) is 1.56. The van der Waals surface area contributed by atoms with Crippen LogP contribution in [0.5, 0.6) is 11.5 Å². The van der Waals surface area contributed by atoms with Crippen molar-refractivity contribution in [1.82, 2.24) is 10.6 Å². The smallest absolute Gasteiger partial charge is 0.258 e. The first kappa shape index (κ1) is 20.0. The molecule has 0 aliphatic heterocycles. The van der Waals surface area contributed by atoms with Gasteiger partial charge in [0.2, 0.25) is 5.91 Å². The van der Waals surface area contributed by atoms with Gasteiger partial charge in [-0.05, 0) is 73.8 Å². The summed E-state index contributed by atoms with van der Waals surface area (Å²) in [5, 5.41) is 5.78. The average Bonchev–Trinajstić information content (AvgIpc) is 2.68. The van der Waals surface area contributed by atoms with Gasteiger partial charge in [0, 0.05) is 19.5 Å². The number of nitrogens with one attached hydrogen (secondary N) is 2. The van der Waals surface area contributed by atoms with E-state index in [0.717, 1.165) is 17.8 Å². The van der Waals surface area contributed by atoms with Crippen LogP contribution in [-0.4, -0.2) is 38.6 Å². The minimum atomic E-state index is -0.216. The van der Waals surface area contributed by atoms with E-state index in [4.69, 9.17) is 9.47 Å². The van der Waals surface area contributed by atoms with Crippen molar-refractivity contribution in [3.05, 3.63) is 24.3 Å². The highest BCUT2D eigenvalue weighted by Crippen LogP contribution is 2.61. The van der Waals surface area contributed by atoms with Crippen LogP contribution in [0, 0.1) is 23.2 Å². The van der Waals surface area contributed by atoms with Crippen molar-refractivity contribution in [1.29, 1.82) is 0 Å². The van der Waals surface area contributed by atoms with Gasteiger partial charge in [0.25, 0.3) is 5.91 Å². The summed E-state index contributed by atoms with van der Waals surface area (Å²) in [6, 6.07) is 7.22. The molecule has 6 heteroatoms. The van der Waals surface area contributed by atoms with Crippen LogP contribution in [0.25, 0.3) is 0 Å². The summed E-state index contributed by atoms with van der Waals surface area (Å²) in [5.74, 6) is 3.62. The molecular formula is C23H32N2O4. The summed E-state index contributed by atoms with van der Waals surface area (Å²) in [4.78, 5) is 24.5. The lowest BCUT2D eigenvalue weighted by molar-refractivity contribution is -0.129. The van der Waals surface area contributed by atoms with Gasteiger partial charge in [-0.3, -0.25) is 9.59 Å². The van der Waals surface area contributed by atoms with Gasteiger partial charge >= 0.3 is 0 Å². The highest BCUT2D eigenvalue weighted by atomic mass is 16.5. The third-order valence-electron chi connectivity index (χ3n) is 6.90. The summed E-state index contributed by atoms with van der Waals surface area (Å²) in [5.41, 5.74) is 0.255. The first-order valence-corrected chi connectivity index (χ1v) is 10.8. The predicted molar refractivity (Wildman–Crippen MR) is 110 cm³/mol. The molecule has 5 rings (SSSR count). The Bertz CT molecular complexity index is 713. The van der Waals surface area contributed by atoms with E-state index in [9.17, 15) is 9.59 Å². The van der Waals surface area contributed by atoms with Crippen molar-refractivity contribution >= 4 is 11.8 Å². The second kappa shape index (κ2) is 8.64. The van der Waals surface area contributed by atoms with Crippen molar-refractivity contribution in [3.8, 4) is 11.5 Å². The van der Waals surface area contributed by atoms with Gasteiger partial charge in [0.15, 0.2) is 18.1 Å². The maximum absolute atomic E-state index is 12.5. The Balaban J connectivity index is 1.13. The zero-order valence-corrected chi connectivity index (χ0v) is 17.2. The van der Waals surface area contributed by atoms with E-state index < -0.39 is 0 Å². The standard InChI is InChI=1S/C23H32N2O4/c1-28-19-4-2-3-5-20(19)29-15-22(27)25-7-6-24-21(26)14-23-11-16-8-17(12-23)10-18(9-16)13-23/h2-5,16-18H,6-15H2,1H3,(H,24,26)(H,25,27). The first-order chi connectivity index (χ1) is 14.0. The summed E-state index contributed by atoms with van der Waals surface area (Å²) < 4.78 is 10.7. The fraction of sp³-hybridized carbons (Fsp3) is 0.652. The van der Waals surface area contributed by atoms with Gasteiger partial charge in [0.05, 0.1) is 7.11 Å². The van der Waals surface area contributed by atoms with Crippen LogP contribution >= 0.6 is 0 Å². The lowest BCUT2D eigenvalue weighted by Crippen LogP contribution is -2.48. The lowest BCUT2D eigenvalue weighted by atomic mass is 9.49. The van der Waals surface area contributed by atoms with E-state index in [-0.39, 0.29) is 23.8 Å². The van der Waals surface area contributed by atoms with Crippen molar-refractivity contribution in [3.63, 3.8) is 0 Å². The second-order valence-electron chi connectivity index (χ2n) is 9.23. The summed E-state index contributed by atoms with van der Waals surface area (Å²) >= 11 is 0. The molecule has 2 amide bonds. The third-order valence-corrected chi connectivity index (χ3v) is 6.90. The molecular weight excluding hydrogens is 368 g/mol. The van der Waals surface area contributed by atoms with Crippen molar-refractivity contribution < 1.29 is 19.1 Å². The van der Waals surface area contributed by atoms with E-state index in [1.54, 1.807) is 19.2 Å². The van der Waals surface area contributed by atoms with Crippen molar-refractivity contribution in [2.24, 2.45) is 23.2 Å². The van der Waals surface area contributed by atoms with Gasteiger partial charge in [-0.25, -0.2) is 0 Å². The number of hydrogen-bond acceptors (Lipinski definition) is 4. The van der Waals surface area contributed by atoms with Crippen molar-refractivity contribution in [2.75, 3.05) is 26.8 Å². The quantitative estimate of drug-likeness (QED) is 0.625. The fourth-order valence-corrected chi connectivity index (χ4v) is 6.25. The Hall–Kier alpha value is -2.24. The molecule has 4 saturated carbocycles. The molecule has 0 unspecified atom stereocenters. The largest absolute Gasteiger partial charge is 0.493 e. The second-order valence-corrected chi connectivity index (χ2v) is 9.23. The SMILES string of the molecule is COc1ccccc1OCC(=O)NCCNC(=O)CC12CC3CC(CC(C3)C1)C2. The maximum Gasteiger partial charge on any atom is 0.258 e. The highest BCUT2D eigenvalue weighted by molar-refractivity contribution is 5.78. The molecule has 0 spiro atoms. The molecule has 4 bridgehead atoms. The van der Waals surface area contributed by atoms with Gasteiger partial charge < -0.3 is 20.1 Å². The molecule has 0 radical (unpaired) electrons. The van der Waals surface area contributed by atoms with Crippen LogP contribution in [0.3, 0.4) is 0 Å².